The Hall–Kier alpha value is -1.00. The maximum atomic E-state index is 12.0. The lowest BCUT2D eigenvalue weighted by molar-refractivity contribution is 0.00966. The van der Waals surface area contributed by atoms with E-state index in [0.717, 1.165) is 37.1 Å². The summed E-state index contributed by atoms with van der Waals surface area (Å²) >= 11 is 0. The molecule has 0 unspecified atom stereocenters. The Balaban J connectivity index is 2.40. The van der Waals surface area contributed by atoms with Crippen molar-refractivity contribution < 1.29 is 13.5 Å². The first-order valence-corrected chi connectivity index (χ1v) is 6.37. The van der Waals surface area contributed by atoms with Crippen molar-refractivity contribution in [3.05, 3.63) is 35.4 Å². The first-order chi connectivity index (χ1) is 8.74. The zero-order valence-electron chi connectivity index (χ0n) is 10.8. The van der Waals surface area contributed by atoms with E-state index in [-0.39, 0.29) is 6.61 Å². The van der Waals surface area contributed by atoms with Gasteiger partial charge in [0, 0.05) is 0 Å². The van der Waals surface area contributed by atoms with E-state index in [1.807, 2.05) is 24.3 Å². The molecule has 4 heteroatoms. The topological polar surface area (TPSA) is 21.3 Å². The van der Waals surface area contributed by atoms with Gasteiger partial charge in [0.05, 0.1) is 6.61 Å². The lowest BCUT2D eigenvalue weighted by Crippen LogP contribution is -2.18. The number of hydrogen-bond acceptors (Lipinski definition) is 2. The van der Waals surface area contributed by atoms with Crippen LogP contribution < -0.4 is 5.32 Å². The number of ether oxygens (including phenoxy) is 1. The Morgan fingerprint density at radius 2 is 1.89 bits per heavy atom. The summed E-state index contributed by atoms with van der Waals surface area (Å²) < 4.78 is 29.0. The highest BCUT2D eigenvalue weighted by atomic mass is 19.3. The van der Waals surface area contributed by atoms with Crippen LogP contribution >= 0.6 is 0 Å². The second-order valence-electron chi connectivity index (χ2n) is 4.17. The molecule has 0 aromatic heterocycles. The number of nitrogens with one attached hydrogen (secondary N) is 1. The molecule has 0 saturated heterocycles. The first kappa shape index (κ1) is 15.1. The minimum absolute atomic E-state index is 0.258. The maximum Gasteiger partial charge on any atom is 0.261 e. The normalized spacial score (nSPS) is 11.1. The van der Waals surface area contributed by atoms with Crippen LogP contribution in [0.3, 0.4) is 0 Å². The molecule has 0 amide bonds. The smallest absolute Gasteiger partial charge is 0.261 e. The molecule has 0 aliphatic carbocycles. The standard InChI is InChI=1S/C14H21F2NO/c1-2-8-17-9-7-12-5-3-4-6-13(12)10-18-11-14(15)16/h3-6,14,17H,2,7-11H2,1H3. The van der Waals surface area contributed by atoms with Crippen LogP contribution in [0, 0.1) is 0 Å². The molecule has 0 aliphatic rings. The summed E-state index contributed by atoms with van der Waals surface area (Å²) in [5.41, 5.74) is 2.16. The van der Waals surface area contributed by atoms with Gasteiger partial charge in [-0.15, -0.1) is 0 Å². The summed E-state index contributed by atoms with van der Waals surface area (Å²) in [6.07, 6.45) is -0.392. The lowest BCUT2D eigenvalue weighted by atomic mass is 10.1. The molecular formula is C14H21F2NO. The molecule has 0 heterocycles. The van der Waals surface area contributed by atoms with Gasteiger partial charge in [-0.1, -0.05) is 31.2 Å². The van der Waals surface area contributed by atoms with Crippen LogP contribution in [0.1, 0.15) is 24.5 Å². The molecule has 0 bridgehead atoms. The predicted octanol–water partition coefficient (Wildman–Crippen LogP) is 3.01. The van der Waals surface area contributed by atoms with E-state index in [0.29, 0.717) is 0 Å². The van der Waals surface area contributed by atoms with Crippen LogP contribution in [-0.4, -0.2) is 26.1 Å². The van der Waals surface area contributed by atoms with Gasteiger partial charge < -0.3 is 10.1 Å². The van der Waals surface area contributed by atoms with Crippen molar-refractivity contribution in [3.63, 3.8) is 0 Å². The largest absolute Gasteiger partial charge is 0.371 e. The van der Waals surface area contributed by atoms with E-state index in [1.165, 1.54) is 0 Å². The average molecular weight is 257 g/mol. The number of halogens is 2. The molecule has 0 aliphatic heterocycles. The van der Waals surface area contributed by atoms with Gasteiger partial charge in [0.25, 0.3) is 6.43 Å². The van der Waals surface area contributed by atoms with Gasteiger partial charge in [-0.3, -0.25) is 0 Å². The molecule has 0 fully saturated rings. The van der Waals surface area contributed by atoms with E-state index in [1.54, 1.807) is 0 Å². The summed E-state index contributed by atoms with van der Waals surface area (Å²) in [6, 6.07) is 7.82. The van der Waals surface area contributed by atoms with Crippen molar-refractivity contribution >= 4 is 0 Å². The molecule has 1 aromatic rings. The molecule has 0 atom stereocenters. The van der Waals surface area contributed by atoms with E-state index < -0.39 is 13.0 Å². The Labute approximate surface area is 107 Å². The Kier molecular flexibility index (Phi) is 7.53. The fourth-order valence-electron chi connectivity index (χ4n) is 1.72. The zero-order chi connectivity index (χ0) is 13.2. The van der Waals surface area contributed by atoms with E-state index in [2.05, 4.69) is 12.2 Å². The van der Waals surface area contributed by atoms with Gasteiger partial charge in [0.1, 0.15) is 6.61 Å². The van der Waals surface area contributed by atoms with Crippen LogP contribution in [0.25, 0.3) is 0 Å². The van der Waals surface area contributed by atoms with Gasteiger partial charge in [0.2, 0.25) is 0 Å². The summed E-state index contributed by atoms with van der Waals surface area (Å²) in [4.78, 5) is 0. The fraction of sp³-hybridized carbons (Fsp3) is 0.571. The quantitative estimate of drug-likeness (QED) is 0.687. The Bertz CT molecular complexity index is 331. The first-order valence-electron chi connectivity index (χ1n) is 6.37. The predicted molar refractivity (Wildman–Crippen MR) is 69.0 cm³/mol. The second-order valence-corrected chi connectivity index (χ2v) is 4.17. The Morgan fingerprint density at radius 1 is 1.17 bits per heavy atom. The van der Waals surface area contributed by atoms with Crippen LogP contribution in [0.15, 0.2) is 24.3 Å². The van der Waals surface area contributed by atoms with Crippen molar-refractivity contribution in [2.24, 2.45) is 0 Å². The Morgan fingerprint density at radius 3 is 2.56 bits per heavy atom. The van der Waals surface area contributed by atoms with Crippen molar-refractivity contribution in [2.45, 2.75) is 32.8 Å². The van der Waals surface area contributed by atoms with Gasteiger partial charge in [-0.2, -0.15) is 0 Å². The third-order valence-corrected chi connectivity index (χ3v) is 2.62. The van der Waals surface area contributed by atoms with Crippen LogP contribution in [0.4, 0.5) is 8.78 Å². The highest BCUT2D eigenvalue weighted by molar-refractivity contribution is 5.26. The monoisotopic (exact) mass is 257 g/mol. The molecule has 18 heavy (non-hydrogen) atoms. The van der Waals surface area contributed by atoms with E-state index in [4.69, 9.17) is 4.74 Å². The zero-order valence-corrected chi connectivity index (χ0v) is 10.8. The third kappa shape index (κ3) is 6.07. The van der Waals surface area contributed by atoms with E-state index in [9.17, 15) is 8.78 Å². The summed E-state index contributed by atoms with van der Waals surface area (Å²) in [7, 11) is 0. The molecule has 2 nitrogen and oxygen atoms in total. The van der Waals surface area contributed by atoms with Crippen molar-refractivity contribution in [3.8, 4) is 0 Å². The molecule has 1 aromatic carbocycles. The molecule has 0 spiro atoms. The van der Waals surface area contributed by atoms with Gasteiger partial charge in [0.15, 0.2) is 0 Å². The molecule has 1 rings (SSSR count). The van der Waals surface area contributed by atoms with Crippen molar-refractivity contribution in [1.82, 2.24) is 5.32 Å². The minimum atomic E-state index is -2.40. The SMILES string of the molecule is CCCNCCc1ccccc1COCC(F)F. The number of rotatable bonds is 9. The second kappa shape index (κ2) is 9.00. The highest BCUT2D eigenvalue weighted by Crippen LogP contribution is 2.11. The average Bonchev–Trinajstić information content (AvgIpc) is 2.36. The number of hydrogen-bond donors (Lipinski definition) is 1. The fourth-order valence-corrected chi connectivity index (χ4v) is 1.72. The summed E-state index contributed by atoms with van der Waals surface area (Å²) in [5.74, 6) is 0. The lowest BCUT2D eigenvalue weighted by Gasteiger charge is -2.10. The van der Waals surface area contributed by atoms with Gasteiger partial charge in [-0.05, 0) is 37.1 Å². The molecule has 0 radical (unpaired) electrons. The molecule has 102 valence electrons. The van der Waals surface area contributed by atoms with Gasteiger partial charge >= 0.3 is 0 Å². The third-order valence-electron chi connectivity index (χ3n) is 2.62. The van der Waals surface area contributed by atoms with Gasteiger partial charge in [-0.25, -0.2) is 8.78 Å². The number of alkyl halides is 2. The van der Waals surface area contributed by atoms with Crippen LogP contribution in [0.2, 0.25) is 0 Å². The minimum Gasteiger partial charge on any atom is -0.371 e. The van der Waals surface area contributed by atoms with Crippen LogP contribution in [-0.2, 0) is 17.8 Å². The molecule has 0 saturated carbocycles. The molecule has 1 N–H and O–H groups in total. The van der Waals surface area contributed by atoms with Crippen molar-refractivity contribution in [1.29, 1.82) is 0 Å². The maximum absolute atomic E-state index is 12.0. The summed E-state index contributed by atoms with van der Waals surface area (Å²) in [5, 5.41) is 3.32. The number of benzene rings is 1. The highest BCUT2D eigenvalue weighted by Gasteiger charge is 2.05. The van der Waals surface area contributed by atoms with E-state index >= 15 is 0 Å². The van der Waals surface area contributed by atoms with Crippen LogP contribution in [0.5, 0.6) is 0 Å². The summed E-state index contributed by atoms with van der Waals surface area (Å²) in [6.45, 7) is 3.79. The van der Waals surface area contributed by atoms with Crippen molar-refractivity contribution in [2.75, 3.05) is 19.7 Å². The molecular weight excluding hydrogens is 236 g/mol.